The molecule has 2 aliphatic carbocycles. The topological polar surface area (TPSA) is 74.8 Å². The fourth-order valence-corrected chi connectivity index (χ4v) is 5.32. The van der Waals surface area contributed by atoms with Crippen LogP contribution in [0.25, 0.3) is 10.2 Å². The summed E-state index contributed by atoms with van der Waals surface area (Å²) in [5.41, 5.74) is 0.977. The maximum atomic E-state index is 12.4. The van der Waals surface area contributed by atoms with E-state index < -0.39 is 0 Å². The maximum Gasteiger partial charge on any atom is 0.287 e. The Balaban J connectivity index is 1.45. The number of aromatic amines is 1. The van der Waals surface area contributed by atoms with E-state index in [0.717, 1.165) is 37.2 Å². The highest BCUT2D eigenvalue weighted by molar-refractivity contribution is 7.18. The second-order valence-electron chi connectivity index (χ2n) is 7.00. The number of carbonyl (C=O) groups excluding carboxylic acids is 1. The van der Waals surface area contributed by atoms with E-state index in [-0.39, 0.29) is 17.3 Å². The fraction of sp³-hybridized carbons (Fsp3) is 0.611. The van der Waals surface area contributed by atoms with Crippen LogP contribution >= 0.6 is 11.3 Å². The number of nitrogens with zero attached hydrogens (tertiary/aromatic N) is 1. The van der Waals surface area contributed by atoms with E-state index >= 15 is 0 Å². The first-order valence-corrected chi connectivity index (χ1v) is 9.87. The van der Waals surface area contributed by atoms with E-state index in [1.807, 2.05) is 0 Å². The number of nitrogens with one attached hydrogen (secondary N) is 2. The second-order valence-corrected chi connectivity index (χ2v) is 8.08. The Hall–Kier alpha value is -1.69. The van der Waals surface area contributed by atoms with Crippen molar-refractivity contribution in [2.75, 3.05) is 6.54 Å². The third kappa shape index (κ3) is 2.99. The minimum Gasteiger partial charge on any atom is -0.349 e. The molecule has 0 spiro atoms. The number of H-pyrrole nitrogens is 1. The van der Waals surface area contributed by atoms with Crippen molar-refractivity contribution in [2.24, 2.45) is 5.92 Å². The molecule has 0 aliphatic heterocycles. The molecule has 6 heteroatoms. The summed E-state index contributed by atoms with van der Waals surface area (Å²) in [4.78, 5) is 33.8. The molecule has 5 nitrogen and oxygen atoms in total. The molecule has 0 radical (unpaired) electrons. The van der Waals surface area contributed by atoms with Crippen LogP contribution in [0.2, 0.25) is 0 Å². The molecule has 2 heterocycles. The van der Waals surface area contributed by atoms with E-state index in [4.69, 9.17) is 0 Å². The predicted molar refractivity (Wildman–Crippen MR) is 95.8 cm³/mol. The van der Waals surface area contributed by atoms with E-state index in [0.29, 0.717) is 16.8 Å². The molecule has 1 saturated carbocycles. The third-order valence-corrected chi connectivity index (χ3v) is 6.54. The Kier molecular flexibility index (Phi) is 4.39. The zero-order chi connectivity index (χ0) is 16.5. The number of carbonyl (C=O) groups is 1. The van der Waals surface area contributed by atoms with Gasteiger partial charge < -0.3 is 10.3 Å². The minimum absolute atomic E-state index is 0.149. The molecule has 2 aromatic heterocycles. The highest BCUT2D eigenvalue weighted by Gasteiger charge is 2.22. The number of aryl methyl sites for hydroxylation is 2. The Morgan fingerprint density at radius 2 is 2.04 bits per heavy atom. The van der Waals surface area contributed by atoms with Gasteiger partial charge in [-0.2, -0.15) is 0 Å². The van der Waals surface area contributed by atoms with Gasteiger partial charge in [0.1, 0.15) is 4.83 Å². The summed E-state index contributed by atoms with van der Waals surface area (Å²) in [7, 11) is 0. The molecule has 0 bridgehead atoms. The molecule has 2 aliphatic rings. The van der Waals surface area contributed by atoms with Crippen LogP contribution in [0.15, 0.2) is 4.79 Å². The van der Waals surface area contributed by atoms with Gasteiger partial charge in [-0.15, -0.1) is 11.3 Å². The van der Waals surface area contributed by atoms with Gasteiger partial charge in [-0.3, -0.25) is 9.59 Å². The summed E-state index contributed by atoms with van der Waals surface area (Å²) in [6, 6.07) is 0. The number of aromatic nitrogens is 2. The van der Waals surface area contributed by atoms with Crippen LogP contribution in [0.3, 0.4) is 0 Å². The van der Waals surface area contributed by atoms with Crippen LogP contribution in [-0.2, 0) is 12.8 Å². The lowest BCUT2D eigenvalue weighted by Gasteiger charge is -2.21. The highest BCUT2D eigenvalue weighted by atomic mass is 32.1. The number of amides is 1. The Labute approximate surface area is 144 Å². The number of hydrogen-bond acceptors (Lipinski definition) is 4. The molecule has 0 atom stereocenters. The van der Waals surface area contributed by atoms with Crippen LogP contribution in [0.4, 0.5) is 0 Å². The zero-order valence-electron chi connectivity index (χ0n) is 13.8. The van der Waals surface area contributed by atoms with Crippen molar-refractivity contribution in [3.8, 4) is 0 Å². The Morgan fingerprint density at radius 1 is 1.21 bits per heavy atom. The molecule has 1 fully saturated rings. The average molecular weight is 345 g/mol. The standard InChI is InChI=1S/C18H23N3O2S/c22-16-14-12-7-4-8-13(12)24-18(14)21-15(20-16)17(23)19-10-9-11-5-2-1-3-6-11/h11H,1-10H2,(H,19,23)(H,20,21,22). The summed E-state index contributed by atoms with van der Waals surface area (Å²) in [6.07, 6.45) is 10.6. The van der Waals surface area contributed by atoms with Gasteiger partial charge in [0.05, 0.1) is 5.39 Å². The van der Waals surface area contributed by atoms with Crippen LogP contribution in [0, 0.1) is 5.92 Å². The Bertz CT molecular complexity index is 818. The van der Waals surface area contributed by atoms with Gasteiger partial charge in [0.15, 0.2) is 0 Å². The Morgan fingerprint density at radius 3 is 2.88 bits per heavy atom. The van der Waals surface area contributed by atoms with E-state index in [1.54, 1.807) is 11.3 Å². The average Bonchev–Trinajstić information content (AvgIpc) is 3.16. The van der Waals surface area contributed by atoms with Crippen molar-refractivity contribution in [2.45, 2.75) is 57.8 Å². The summed E-state index contributed by atoms with van der Waals surface area (Å²) in [6.45, 7) is 0.659. The van der Waals surface area contributed by atoms with Crippen LogP contribution in [0.5, 0.6) is 0 Å². The predicted octanol–water partition coefficient (Wildman–Crippen LogP) is 3.17. The molecule has 0 unspecified atom stereocenters. The van der Waals surface area contributed by atoms with Gasteiger partial charge in [-0.1, -0.05) is 32.1 Å². The smallest absolute Gasteiger partial charge is 0.287 e. The van der Waals surface area contributed by atoms with Gasteiger partial charge in [0.2, 0.25) is 5.82 Å². The number of hydrogen-bond donors (Lipinski definition) is 2. The number of rotatable bonds is 4. The maximum absolute atomic E-state index is 12.4. The summed E-state index contributed by atoms with van der Waals surface area (Å²) in [5.74, 6) is 0.614. The number of fused-ring (bicyclic) bond motifs is 3. The minimum atomic E-state index is -0.265. The molecular formula is C18H23N3O2S. The molecule has 0 aromatic carbocycles. The molecule has 2 N–H and O–H groups in total. The first kappa shape index (κ1) is 15.8. The fourth-order valence-electron chi connectivity index (χ4n) is 4.06. The SMILES string of the molecule is O=C(NCCC1CCCCC1)c1nc2sc3c(c2c(=O)[nH]1)CCC3. The van der Waals surface area contributed by atoms with Crippen molar-refractivity contribution in [3.63, 3.8) is 0 Å². The lowest BCUT2D eigenvalue weighted by Crippen LogP contribution is -2.29. The van der Waals surface area contributed by atoms with Crippen LogP contribution in [-0.4, -0.2) is 22.4 Å². The molecule has 0 saturated heterocycles. The molecule has 1 amide bonds. The van der Waals surface area contributed by atoms with Crippen molar-refractivity contribution >= 4 is 27.5 Å². The molecule has 128 valence electrons. The van der Waals surface area contributed by atoms with E-state index in [1.165, 1.54) is 37.0 Å². The normalized spacial score (nSPS) is 18.0. The van der Waals surface area contributed by atoms with Gasteiger partial charge in [0.25, 0.3) is 11.5 Å². The largest absolute Gasteiger partial charge is 0.349 e. The monoisotopic (exact) mass is 345 g/mol. The second kappa shape index (κ2) is 6.67. The summed E-state index contributed by atoms with van der Waals surface area (Å²) >= 11 is 1.57. The van der Waals surface area contributed by atoms with Gasteiger partial charge in [0, 0.05) is 11.4 Å². The summed E-state index contributed by atoms with van der Waals surface area (Å²) < 4.78 is 0. The van der Waals surface area contributed by atoms with Gasteiger partial charge in [-0.25, -0.2) is 4.98 Å². The molecule has 2 aromatic rings. The zero-order valence-corrected chi connectivity index (χ0v) is 14.6. The molecule has 24 heavy (non-hydrogen) atoms. The van der Waals surface area contributed by atoms with Crippen molar-refractivity contribution in [3.05, 3.63) is 26.6 Å². The molecule has 4 rings (SSSR count). The first-order chi connectivity index (χ1) is 11.7. The third-order valence-electron chi connectivity index (χ3n) is 5.35. The van der Waals surface area contributed by atoms with E-state index in [9.17, 15) is 9.59 Å². The first-order valence-electron chi connectivity index (χ1n) is 9.05. The van der Waals surface area contributed by atoms with Gasteiger partial charge >= 0.3 is 0 Å². The lowest BCUT2D eigenvalue weighted by atomic mass is 9.87. The lowest BCUT2D eigenvalue weighted by molar-refractivity contribution is 0.0940. The highest BCUT2D eigenvalue weighted by Crippen LogP contribution is 2.34. The van der Waals surface area contributed by atoms with Crippen molar-refractivity contribution in [1.82, 2.24) is 15.3 Å². The van der Waals surface area contributed by atoms with Crippen molar-refractivity contribution < 1.29 is 4.79 Å². The number of thiophene rings is 1. The quantitative estimate of drug-likeness (QED) is 0.894. The summed E-state index contributed by atoms with van der Waals surface area (Å²) in [5, 5.41) is 3.62. The molecular weight excluding hydrogens is 322 g/mol. The van der Waals surface area contributed by atoms with E-state index in [2.05, 4.69) is 15.3 Å². The van der Waals surface area contributed by atoms with Gasteiger partial charge in [-0.05, 0) is 37.2 Å². The van der Waals surface area contributed by atoms with Crippen LogP contribution < -0.4 is 10.9 Å². The van der Waals surface area contributed by atoms with Crippen LogP contribution in [0.1, 0.15) is 66.0 Å². The van der Waals surface area contributed by atoms with Crippen molar-refractivity contribution in [1.29, 1.82) is 0 Å².